The molecule has 4 aromatic heterocycles. The zero-order valence-electron chi connectivity index (χ0n) is 22.3. The fourth-order valence-corrected chi connectivity index (χ4v) is 6.70. The largest absolute Gasteiger partial charge is 0.329 e. The van der Waals surface area contributed by atoms with Crippen molar-refractivity contribution in [3.8, 4) is 11.3 Å². The van der Waals surface area contributed by atoms with Gasteiger partial charge in [0.05, 0.1) is 45.1 Å². The predicted molar refractivity (Wildman–Crippen MR) is 147 cm³/mol. The molecule has 7 nitrogen and oxygen atoms in total. The van der Waals surface area contributed by atoms with Crippen molar-refractivity contribution in [2.45, 2.75) is 49.5 Å². The van der Waals surface area contributed by atoms with Crippen molar-refractivity contribution in [3.63, 3.8) is 0 Å². The summed E-state index contributed by atoms with van der Waals surface area (Å²) in [5.74, 6) is -3.70. The normalized spacial score (nSPS) is 17.1. The number of halogens is 3. The molecule has 1 atom stereocenters. The smallest absolute Gasteiger partial charge is 0.248 e. The molecule has 208 valence electrons. The number of aryl methyl sites for hydroxylation is 2. The average molecular weight is 568 g/mol. The van der Waals surface area contributed by atoms with Crippen LogP contribution in [0, 0.1) is 18.7 Å². The van der Waals surface area contributed by atoms with Gasteiger partial charge in [-0.1, -0.05) is 0 Å². The molecule has 1 unspecified atom stereocenters. The van der Waals surface area contributed by atoms with E-state index in [0.29, 0.717) is 21.9 Å². The maximum atomic E-state index is 15.5. The van der Waals surface area contributed by atoms with Crippen molar-refractivity contribution < 1.29 is 21.6 Å². The number of pyridine rings is 2. The maximum absolute atomic E-state index is 15.5. The Balaban J connectivity index is 1.70. The summed E-state index contributed by atoms with van der Waals surface area (Å²) in [6, 6.07) is 8.75. The molecule has 4 heterocycles. The van der Waals surface area contributed by atoms with Gasteiger partial charge in [0.25, 0.3) is 0 Å². The van der Waals surface area contributed by atoms with E-state index in [2.05, 4.69) is 10.1 Å². The number of hydrogen-bond acceptors (Lipinski definition) is 5. The Morgan fingerprint density at radius 1 is 1.05 bits per heavy atom. The second-order valence-electron chi connectivity index (χ2n) is 10.7. The highest BCUT2D eigenvalue weighted by Gasteiger charge is 2.40. The van der Waals surface area contributed by atoms with Crippen LogP contribution in [-0.2, 0) is 16.9 Å². The minimum absolute atomic E-state index is 0.0992. The number of rotatable bonds is 5. The quantitative estimate of drug-likeness (QED) is 0.251. The second kappa shape index (κ2) is 9.43. The summed E-state index contributed by atoms with van der Waals surface area (Å²) in [6.07, 6.45) is 5.80. The summed E-state index contributed by atoms with van der Waals surface area (Å²) in [5.41, 5.74) is 4.44. The van der Waals surface area contributed by atoms with Gasteiger partial charge in [-0.25, -0.2) is 21.6 Å². The van der Waals surface area contributed by atoms with Crippen LogP contribution in [0.15, 0.2) is 59.9 Å². The first kappa shape index (κ1) is 26.5. The number of hydrogen-bond donors (Lipinski definition) is 0. The third kappa shape index (κ3) is 4.46. The highest BCUT2D eigenvalue weighted by atomic mass is 32.2. The summed E-state index contributed by atoms with van der Waals surface area (Å²) < 4.78 is 72.7. The molecule has 0 radical (unpaired) electrons. The van der Waals surface area contributed by atoms with Crippen LogP contribution in [0.4, 0.5) is 13.2 Å². The van der Waals surface area contributed by atoms with Gasteiger partial charge in [-0.15, -0.1) is 0 Å². The molecule has 1 aliphatic rings. The van der Waals surface area contributed by atoms with E-state index in [1.54, 1.807) is 29.2 Å². The standard InChI is InChI=1S/C29H28F3N5O2S/c1-17-15-35-36(2)27(17)19-13-24-25(34-16-19)21-7-6-20(40(3,38)39)14-23(21)37(24)28(26-22(30)5-4-12-33-26)18-8-10-29(31,32)11-9-18/h4-7,12-16,18,28H,8-11H2,1-3H3. The molecule has 0 bridgehead atoms. The highest BCUT2D eigenvalue weighted by molar-refractivity contribution is 7.90. The monoisotopic (exact) mass is 567 g/mol. The van der Waals surface area contributed by atoms with Crippen LogP contribution >= 0.6 is 0 Å². The first-order valence-corrected chi connectivity index (χ1v) is 14.9. The van der Waals surface area contributed by atoms with E-state index >= 15 is 4.39 Å². The lowest BCUT2D eigenvalue weighted by Crippen LogP contribution is -2.31. The van der Waals surface area contributed by atoms with Crippen molar-refractivity contribution in [2.75, 3.05) is 6.26 Å². The van der Waals surface area contributed by atoms with E-state index in [9.17, 15) is 17.2 Å². The van der Waals surface area contributed by atoms with Gasteiger partial charge in [-0.2, -0.15) is 5.10 Å². The van der Waals surface area contributed by atoms with E-state index < -0.39 is 27.6 Å². The molecule has 0 amide bonds. The number of aromatic nitrogens is 5. The SMILES string of the molecule is Cc1cnn(C)c1-c1cnc2c3ccc(S(C)(=O)=O)cc3n(C(c3ncccc3F)C3CCC(F)(F)CC3)c2c1. The Morgan fingerprint density at radius 2 is 1.80 bits per heavy atom. The molecule has 1 aromatic carbocycles. The minimum atomic E-state index is -3.58. The van der Waals surface area contributed by atoms with Crippen LogP contribution in [-0.4, -0.2) is 44.9 Å². The highest BCUT2D eigenvalue weighted by Crippen LogP contribution is 2.46. The molecule has 0 N–H and O–H groups in total. The lowest BCUT2D eigenvalue weighted by Gasteiger charge is -2.35. The number of fused-ring (bicyclic) bond motifs is 3. The van der Waals surface area contributed by atoms with Gasteiger partial charge in [-0.05, 0) is 67.6 Å². The third-order valence-corrected chi connectivity index (χ3v) is 9.10. The minimum Gasteiger partial charge on any atom is -0.329 e. The second-order valence-corrected chi connectivity index (χ2v) is 12.7. The van der Waals surface area contributed by atoms with Crippen LogP contribution in [0.5, 0.6) is 0 Å². The maximum Gasteiger partial charge on any atom is 0.248 e. The lowest BCUT2D eigenvalue weighted by molar-refractivity contribution is -0.0495. The van der Waals surface area contributed by atoms with E-state index in [1.807, 2.05) is 24.6 Å². The first-order chi connectivity index (χ1) is 18.9. The fraction of sp³-hybridized carbons (Fsp3) is 0.345. The van der Waals surface area contributed by atoms with Crippen molar-refractivity contribution in [1.82, 2.24) is 24.3 Å². The summed E-state index contributed by atoms with van der Waals surface area (Å²) in [7, 11) is -1.75. The van der Waals surface area contributed by atoms with Crippen LogP contribution in [0.1, 0.15) is 43.0 Å². The summed E-state index contributed by atoms with van der Waals surface area (Å²) >= 11 is 0. The third-order valence-electron chi connectivity index (χ3n) is 7.99. The van der Waals surface area contributed by atoms with Gasteiger partial charge < -0.3 is 4.57 Å². The zero-order chi connectivity index (χ0) is 28.4. The predicted octanol–water partition coefficient (Wildman–Crippen LogP) is 6.25. The number of alkyl halides is 2. The molecular weight excluding hydrogens is 539 g/mol. The molecule has 0 saturated heterocycles. The Hall–Kier alpha value is -3.73. The summed E-state index contributed by atoms with van der Waals surface area (Å²) in [6.45, 7) is 1.94. The van der Waals surface area contributed by atoms with Crippen LogP contribution in [0.25, 0.3) is 33.2 Å². The van der Waals surface area contributed by atoms with Crippen LogP contribution in [0.3, 0.4) is 0 Å². The van der Waals surface area contributed by atoms with Crippen LogP contribution in [0.2, 0.25) is 0 Å². The molecule has 5 aromatic rings. The van der Waals surface area contributed by atoms with Crippen LogP contribution < -0.4 is 0 Å². The molecule has 40 heavy (non-hydrogen) atoms. The molecule has 0 aliphatic heterocycles. The van der Waals surface area contributed by atoms with E-state index in [4.69, 9.17) is 4.98 Å². The Bertz CT molecular complexity index is 1850. The molecule has 11 heteroatoms. The van der Waals surface area contributed by atoms with Gasteiger partial charge in [0.2, 0.25) is 5.92 Å². The van der Waals surface area contributed by atoms with Gasteiger partial charge in [0.15, 0.2) is 9.84 Å². The molecule has 1 saturated carbocycles. The van der Waals surface area contributed by atoms with Crippen molar-refractivity contribution in [2.24, 2.45) is 13.0 Å². The summed E-state index contributed by atoms with van der Waals surface area (Å²) in [5, 5.41) is 5.02. The van der Waals surface area contributed by atoms with Crippen molar-refractivity contribution >= 4 is 31.8 Å². The molecule has 1 fully saturated rings. The number of benzene rings is 1. The van der Waals surface area contributed by atoms with Gasteiger partial charge in [-0.3, -0.25) is 14.6 Å². The first-order valence-electron chi connectivity index (χ1n) is 13.1. The van der Waals surface area contributed by atoms with E-state index in [-0.39, 0.29) is 42.2 Å². The van der Waals surface area contributed by atoms with Gasteiger partial charge >= 0.3 is 0 Å². The van der Waals surface area contributed by atoms with Crippen molar-refractivity contribution in [1.29, 1.82) is 0 Å². The Labute approximate surface area is 229 Å². The van der Waals surface area contributed by atoms with E-state index in [0.717, 1.165) is 23.1 Å². The molecule has 1 aliphatic carbocycles. The molecule has 0 spiro atoms. The van der Waals surface area contributed by atoms with Gasteiger partial charge in [0, 0.05) is 49.5 Å². The lowest BCUT2D eigenvalue weighted by atomic mass is 9.80. The number of nitrogens with zero attached hydrogens (tertiary/aromatic N) is 5. The molecule has 6 rings (SSSR count). The van der Waals surface area contributed by atoms with Gasteiger partial charge in [0.1, 0.15) is 5.82 Å². The topological polar surface area (TPSA) is 82.7 Å². The van der Waals surface area contributed by atoms with E-state index in [1.165, 1.54) is 24.4 Å². The number of sulfone groups is 1. The Morgan fingerprint density at radius 3 is 2.45 bits per heavy atom. The Kier molecular flexibility index (Phi) is 6.25. The molecular formula is C29H28F3N5O2S. The van der Waals surface area contributed by atoms with Crippen molar-refractivity contribution in [3.05, 3.63) is 72.1 Å². The average Bonchev–Trinajstić information content (AvgIpc) is 3.41. The zero-order valence-corrected chi connectivity index (χ0v) is 23.1. The summed E-state index contributed by atoms with van der Waals surface area (Å²) in [4.78, 5) is 9.28. The fourth-order valence-electron chi connectivity index (χ4n) is 6.06.